The first-order chi connectivity index (χ1) is 10.6. The van der Waals surface area contributed by atoms with Gasteiger partial charge in [-0.25, -0.2) is 0 Å². The summed E-state index contributed by atoms with van der Waals surface area (Å²) in [5, 5.41) is 3.06. The Morgan fingerprint density at radius 3 is 2.64 bits per heavy atom. The van der Waals surface area contributed by atoms with Crippen LogP contribution in [0.25, 0.3) is 0 Å². The number of likely N-dealkylation sites (tertiary alicyclic amines) is 1. The van der Waals surface area contributed by atoms with Gasteiger partial charge in [-0.15, -0.1) is 0 Å². The maximum atomic E-state index is 11.7. The topological polar surface area (TPSA) is 41.6 Å². The van der Waals surface area contributed by atoms with Crippen LogP contribution in [0.4, 0.5) is 0 Å². The van der Waals surface area contributed by atoms with Crippen molar-refractivity contribution in [2.24, 2.45) is 11.8 Å². The quantitative estimate of drug-likeness (QED) is 0.596. The van der Waals surface area contributed by atoms with Crippen molar-refractivity contribution in [1.29, 1.82) is 0 Å². The summed E-state index contributed by atoms with van der Waals surface area (Å²) in [5.41, 5.74) is 0. The highest BCUT2D eigenvalue weighted by molar-refractivity contribution is 5.75. The van der Waals surface area contributed by atoms with Gasteiger partial charge in [0.2, 0.25) is 5.91 Å². The summed E-state index contributed by atoms with van der Waals surface area (Å²) in [6.45, 7) is 12.6. The summed E-state index contributed by atoms with van der Waals surface area (Å²) >= 11 is 0. The third kappa shape index (κ3) is 9.42. The highest BCUT2D eigenvalue weighted by Gasteiger charge is 2.17. The second-order valence-corrected chi connectivity index (χ2v) is 6.91. The molecule has 0 aromatic carbocycles. The molecule has 1 heterocycles. The smallest absolute Gasteiger partial charge is 0.220 e. The molecule has 0 unspecified atom stereocenters. The van der Waals surface area contributed by atoms with Crippen molar-refractivity contribution < 1.29 is 9.53 Å². The molecule has 0 bridgehead atoms. The van der Waals surface area contributed by atoms with E-state index in [0.717, 1.165) is 38.3 Å². The van der Waals surface area contributed by atoms with Crippen LogP contribution in [-0.2, 0) is 9.53 Å². The first-order valence-corrected chi connectivity index (χ1v) is 9.18. The summed E-state index contributed by atoms with van der Waals surface area (Å²) in [7, 11) is 0. The first kappa shape index (κ1) is 19.4. The van der Waals surface area contributed by atoms with Crippen LogP contribution in [0.1, 0.15) is 59.3 Å². The zero-order chi connectivity index (χ0) is 16.2. The maximum Gasteiger partial charge on any atom is 0.220 e. The molecule has 0 aromatic heterocycles. The molecule has 1 rings (SSSR count). The van der Waals surface area contributed by atoms with Crippen molar-refractivity contribution in [3.05, 3.63) is 0 Å². The van der Waals surface area contributed by atoms with E-state index in [2.05, 4.69) is 31.0 Å². The third-order valence-corrected chi connectivity index (χ3v) is 4.56. The lowest BCUT2D eigenvalue weighted by Crippen LogP contribution is -2.35. The van der Waals surface area contributed by atoms with Crippen molar-refractivity contribution in [2.75, 3.05) is 39.4 Å². The monoisotopic (exact) mass is 312 g/mol. The van der Waals surface area contributed by atoms with E-state index in [1.165, 1.54) is 32.5 Å². The minimum Gasteiger partial charge on any atom is -0.381 e. The van der Waals surface area contributed by atoms with Crippen LogP contribution in [0.15, 0.2) is 0 Å². The molecule has 0 aromatic rings. The summed E-state index contributed by atoms with van der Waals surface area (Å²) in [5.74, 6) is 1.66. The van der Waals surface area contributed by atoms with Gasteiger partial charge >= 0.3 is 0 Å². The van der Waals surface area contributed by atoms with Gasteiger partial charge in [-0.2, -0.15) is 0 Å². The lowest BCUT2D eigenvalue weighted by atomic mass is 9.93. The van der Waals surface area contributed by atoms with Crippen LogP contribution < -0.4 is 5.32 Å². The average molecular weight is 312 g/mol. The number of carbonyl (C=O) groups excluding carboxylic acids is 1. The molecule has 1 aliphatic rings. The Morgan fingerprint density at radius 2 is 2.00 bits per heavy atom. The van der Waals surface area contributed by atoms with Crippen LogP contribution in [0.2, 0.25) is 0 Å². The molecule has 1 fully saturated rings. The molecule has 0 aliphatic carbocycles. The van der Waals surface area contributed by atoms with Gasteiger partial charge in [0.1, 0.15) is 0 Å². The van der Waals surface area contributed by atoms with Crippen LogP contribution in [-0.4, -0.2) is 50.2 Å². The van der Waals surface area contributed by atoms with Gasteiger partial charge in [-0.1, -0.05) is 20.8 Å². The number of hydrogen-bond donors (Lipinski definition) is 1. The summed E-state index contributed by atoms with van der Waals surface area (Å²) < 4.78 is 5.53. The predicted octanol–water partition coefficient (Wildman–Crippen LogP) is 3.07. The Labute approximate surface area is 137 Å². The lowest BCUT2D eigenvalue weighted by Gasteiger charge is -2.31. The first-order valence-electron chi connectivity index (χ1n) is 9.18. The molecule has 1 N–H and O–H groups in total. The number of carbonyl (C=O) groups is 1. The van der Waals surface area contributed by atoms with Crippen LogP contribution in [0.3, 0.4) is 0 Å². The zero-order valence-electron chi connectivity index (χ0n) is 14.9. The van der Waals surface area contributed by atoms with Crippen LogP contribution >= 0.6 is 0 Å². The van der Waals surface area contributed by atoms with E-state index in [4.69, 9.17) is 4.74 Å². The minimum absolute atomic E-state index is 0.179. The molecule has 0 radical (unpaired) electrons. The highest BCUT2D eigenvalue weighted by atomic mass is 16.5. The second-order valence-electron chi connectivity index (χ2n) is 6.91. The molecule has 4 nitrogen and oxygen atoms in total. The largest absolute Gasteiger partial charge is 0.381 e. The Morgan fingerprint density at radius 1 is 1.27 bits per heavy atom. The number of nitrogens with one attached hydrogen (secondary N) is 1. The molecule has 0 spiro atoms. The summed E-state index contributed by atoms with van der Waals surface area (Å²) in [4.78, 5) is 14.3. The average Bonchev–Trinajstić information content (AvgIpc) is 2.51. The molecular weight excluding hydrogens is 276 g/mol. The van der Waals surface area contributed by atoms with Gasteiger partial charge in [0.15, 0.2) is 0 Å². The normalized spacial score (nSPS) is 17.1. The number of nitrogens with zero attached hydrogens (tertiary/aromatic N) is 1. The van der Waals surface area contributed by atoms with E-state index >= 15 is 0 Å². The maximum absolute atomic E-state index is 11.7. The molecule has 0 saturated carbocycles. The van der Waals surface area contributed by atoms with E-state index in [-0.39, 0.29) is 5.91 Å². The van der Waals surface area contributed by atoms with E-state index in [1.807, 2.05) is 0 Å². The Balaban J connectivity index is 1.91. The molecular formula is C18H36N2O2. The van der Waals surface area contributed by atoms with E-state index < -0.39 is 0 Å². The highest BCUT2D eigenvalue weighted by Crippen LogP contribution is 2.19. The standard InChI is InChI=1S/C18H36N2O2/c1-4-20-12-8-17(9-13-20)7-11-19-18(21)6-5-14-22-15-10-16(2)3/h16-17H,4-15H2,1-3H3,(H,19,21). The number of piperidine rings is 1. The number of amides is 1. The second kappa shape index (κ2) is 11.9. The Kier molecular flexibility index (Phi) is 10.5. The fourth-order valence-electron chi connectivity index (χ4n) is 2.85. The van der Waals surface area contributed by atoms with Gasteiger partial charge in [0, 0.05) is 26.2 Å². The molecule has 4 heteroatoms. The fourth-order valence-corrected chi connectivity index (χ4v) is 2.85. The fraction of sp³-hybridized carbons (Fsp3) is 0.944. The summed E-state index contributed by atoms with van der Waals surface area (Å²) in [6, 6.07) is 0. The third-order valence-electron chi connectivity index (χ3n) is 4.56. The number of hydrogen-bond acceptors (Lipinski definition) is 3. The van der Waals surface area contributed by atoms with Crippen LogP contribution in [0.5, 0.6) is 0 Å². The lowest BCUT2D eigenvalue weighted by molar-refractivity contribution is -0.121. The number of ether oxygens (including phenoxy) is 1. The zero-order valence-corrected chi connectivity index (χ0v) is 14.9. The SMILES string of the molecule is CCN1CCC(CCNC(=O)CCCOCCC(C)C)CC1. The van der Waals surface area contributed by atoms with Crippen molar-refractivity contribution in [1.82, 2.24) is 10.2 Å². The van der Waals surface area contributed by atoms with Crippen molar-refractivity contribution >= 4 is 5.91 Å². The van der Waals surface area contributed by atoms with Crippen molar-refractivity contribution in [3.8, 4) is 0 Å². The van der Waals surface area contributed by atoms with E-state index in [0.29, 0.717) is 18.9 Å². The van der Waals surface area contributed by atoms with Crippen LogP contribution in [0, 0.1) is 11.8 Å². The van der Waals surface area contributed by atoms with Gasteiger partial charge in [0.05, 0.1) is 0 Å². The minimum atomic E-state index is 0.179. The molecule has 1 saturated heterocycles. The van der Waals surface area contributed by atoms with Gasteiger partial charge in [-0.05, 0) is 63.6 Å². The van der Waals surface area contributed by atoms with Crippen molar-refractivity contribution in [2.45, 2.75) is 59.3 Å². The molecule has 22 heavy (non-hydrogen) atoms. The van der Waals surface area contributed by atoms with E-state index in [9.17, 15) is 4.79 Å². The predicted molar refractivity (Wildman–Crippen MR) is 92.0 cm³/mol. The Hall–Kier alpha value is -0.610. The summed E-state index contributed by atoms with van der Waals surface area (Å²) in [6.07, 6.45) is 6.23. The van der Waals surface area contributed by atoms with E-state index in [1.54, 1.807) is 0 Å². The molecule has 1 aliphatic heterocycles. The molecule has 130 valence electrons. The molecule has 1 amide bonds. The van der Waals surface area contributed by atoms with Gasteiger partial charge < -0.3 is 15.0 Å². The van der Waals surface area contributed by atoms with Gasteiger partial charge in [0.25, 0.3) is 0 Å². The Bertz CT molecular complexity index is 287. The number of rotatable bonds is 11. The van der Waals surface area contributed by atoms with Gasteiger partial charge in [-0.3, -0.25) is 4.79 Å². The van der Waals surface area contributed by atoms with Crippen molar-refractivity contribution in [3.63, 3.8) is 0 Å². The molecule has 0 atom stereocenters.